The van der Waals surface area contributed by atoms with Gasteiger partial charge >= 0.3 is 11.9 Å². The number of carbonyl (C=O) groups is 2. The van der Waals surface area contributed by atoms with E-state index in [9.17, 15) is 14.7 Å². The Morgan fingerprint density at radius 1 is 1.41 bits per heavy atom. The van der Waals surface area contributed by atoms with Crippen LogP contribution in [0.5, 0.6) is 0 Å². The molecule has 22 heavy (non-hydrogen) atoms. The molecule has 0 aliphatic carbocycles. The molecule has 0 fully saturated rings. The van der Waals surface area contributed by atoms with Gasteiger partial charge in [-0.1, -0.05) is 6.92 Å². The number of hydrogen-bond acceptors (Lipinski definition) is 7. The largest absolute Gasteiger partial charge is 0.511 e. The average Bonchev–Trinajstić information content (AvgIpc) is 2.95. The minimum Gasteiger partial charge on any atom is -0.511 e. The molecule has 7 heteroatoms. The van der Waals surface area contributed by atoms with Crippen LogP contribution in [0.4, 0.5) is 5.69 Å². The lowest BCUT2D eigenvalue weighted by atomic mass is 10.1. The lowest BCUT2D eigenvalue weighted by Gasteiger charge is -2.05. The fraction of sp³-hybridized carbons (Fsp3) is 0.400. The van der Waals surface area contributed by atoms with Crippen molar-refractivity contribution < 1.29 is 24.2 Å². The van der Waals surface area contributed by atoms with Crippen LogP contribution in [0, 0.1) is 0 Å². The Morgan fingerprint density at radius 3 is 2.73 bits per heavy atom. The highest BCUT2D eigenvalue weighted by Crippen LogP contribution is 2.26. The molecule has 1 heterocycles. The highest BCUT2D eigenvalue weighted by Gasteiger charge is 2.16. The SMILES string of the molecule is CCCC(O)=C(C=Nc1ccsc1C(=O)OC)C(=O)OCC. The Morgan fingerprint density at radius 2 is 2.14 bits per heavy atom. The van der Waals surface area contributed by atoms with E-state index in [1.807, 2.05) is 6.92 Å². The zero-order valence-electron chi connectivity index (χ0n) is 12.8. The molecule has 6 nitrogen and oxygen atoms in total. The number of thiophene rings is 1. The number of methoxy groups -OCH3 is 1. The van der Waals surface area contributed by atoms with E-state index in [2.05, 4.69) is 9.73 Å². The summed E-state index contributed by atoms with van der Waals surface area (Å²) in [5.41, 5.74) is 0.369. The van der Waals surface area contributed by atoms with Crippen molar-refractivity contribution in [2.45, 2.75) is 26.7 Å². The molecule has 0 saturated heterocycles. The molecule has 0 atom stereocenters. The molecule has 0 amide bonds. The van der Waals surface area contributed by atoms with Gasteiger partial charge in [-0.05, 0) is 24.8 Å². The Labute approximate surface area is 133 Å². The summed E-state index contributed by atoms with van der Waals surface area (Å²) in [4.78, 5) is 27.9. The predicted octanol–water partition coefficient (Wildman–Crippen LogP) is 3.41. The lowest BCUT2D eigenvalue weighted by Crippen LogP contribution is -2.11. The molecule has 0 radical (unpaired) electrons. The summed E-state index contributed by atoms with van der Waals surface area (Å²) in [5, 5.41) is 11.7. The van der Waals surface area contributed by atoms with Gasteiger partial charge in [0, 0.05) is 12.6 Å². The average molecular weight is 325 g/mol. The molecule has 0 aliphatic rings. The van der Waals surface area contributed by atoms with Crippen LogP contribution in [0.25, 0.3) is 0 Å². The van der Waals surface area contributed by atoms with E-state index in [0.717, 1.165) is 0 Å². The number of hydrogen-bond donors (Lipinski definition) is 1. The summed E-state index contributed by atoms with van der Waals surface area (Å²) in [6, 6.07) is 1.63. The van der Waals surface area contributed by atoms with Gasteiger partial charge in [-0.2, -0.15) is 0 Å². The molecule has 1 aromatic heterocycles. The second kappa shape index (κ2) is 8.99. The number of ether oxygens (including phenoxy) is 2. The quantitative estimate of drug-likeness (QED) is 0.359. The number of aliphatic imine (C=N–C) groups is 1. The molecular formula is C15H19NO5S. The molecule has 0 bridgehead atoms. The van der Waals surface area contributed by atoms with Gasteiger partial charge in [-0.15, -0.1) is 11.3 Å². The standard InChI is InChI=1S/C15H19NO5S/c1-4-6-12(17)10(14(18)21-5-2)9-16-11-7-8-22-13(11)15(19)20-3/h7-9,17H,4-6H2,1-3H3. The first-order chi connectivity index (χ1) is 10.5. The normalized spacial score (nSPS) is 12.1. The van der Waals surface area contributed by atoms with Crippen molar-refractivity contribution in [2.75, 3.05) is 13.7 Å². The van der Waals surface area contributed by atoms with Crippen molar-refractivity contribution in [3.63, 3.8) is 0 Å². The summed E-state index contributed by atoms with van der Waals surface area (Å²) >= 11 is 1.19. The summed E-state index contributed by atoms with van der Waals surface area (Å²) in [6.07, 6.45) is 2.24. The first kappa shape index (κ1) is 17.9. The second-order valence-corrected chi connectivity index (χ2v) is 5.13. The molecule has 0 unspecified atom stereocenters. The van der Waals surface area contributed by atoms with Gasteiger partial charge in [0.2, 0.25) is 0 Å². The van der Waals surface area contributed by atoms with Crippen molar-refractivity contribution in [1.29, 1.82) is 0 Å². The summed E-state index contributed by atoms with van der Waals surface area (Å²) in [6.45, 7) is 3.75. The van der Waals surface area contributed by atoms with E-state index in [0.29, 0.717) is 23.4 Å². The van der Waals surface area contributed by atoms with Crippen LogP contribution < -0.4 is 0 Å². The van der Waals surface area contributed by atoms with Crippen molar-refractivity contribution in [2.24, 2.45) is 4.99 Å². The summed E-state index contributed by atoms with van der Waals surface area (Å²) < 4.78 is 9.56. The minimum atomic E-state index is -0.646. The maximum absolute atomic E-state index is 11.9. The number of nitrogens with zero attached hydrogens (tertiary/aromatic N) is 1. The highest BCUT2D eigenvalue weighted by atomic mass is 32.1. The maximum atomic E-state index is 11.9. The van der Waals surface area contributed by atoms with E-state index >= 15 is 0 Å². The van der Waals surface area contributed by atoms with Gasteiger partial charge < -0.3 is 14.6 Å². The first-order valence-corrected chi connectivity index (χ1v) is 7.72. The van der Waals surface area contributed by atoms with Crippen molar-refractivity contribution in [1.82, 2.24) is 0 Å². The number of rotatable bonds is 7. The van der Waals surface area contributed by atoms with Gasteiger partial charge in [0.25, 0.3) is 0 Å². The van der Waals surface area contributed by atoms with E-state index in [1.165, 1.54) is 24.7 Å². The topological polar surface area (TPSA) is 85.2 Å². The van der Waals surface area contributed by atoms with Gasteiger partial charge in [0.1, 0.15) is 16.2 Å². The molecule has 1 N–H and O–H groups in total. The molecule has 0 spiro atoms. The Bertz CT molecular complexity index is 589. The molecular weight excluding hydrogens is 306 g/mol. The third kappa shape index (κ3) is 4.70. The van der Waals surface area contributed by atoms with Crippen LogP contribution in [0.1, 0.15) is 36.4 Å². The Kier molecular flexibility index (Phi) is 7.31. The molecule has 0 saturated carbocycles. The van der Waals surface area contributed by atoms with Crippen LogP contribution in [-0.2, 0) is 14.3 Å². The molecule has 0 aliphatic heterocycles. The zero-order valence-corrected chi connectivity index (χ0v) is 13.6. The second-order valence-electron chi connectivity index (χ2n) is 4.22. The smallest absolute Gasteiger partial charge is 0.350 e. The number of allylic oxidation sites excluding steroid dienone is 1. The van der Waals surface area contributed by atoms with Crippen LogP contribution in [-0.4, -0.2) is 37.0 Å². The van der Waals surface area contributed by atoms with Crippen LogP contribution in [0.2, 0.25) is 0 Å². The monoisotopic (exact) mass is 325 g/mol. The third-order valence-corrected chi connectivity index (χ3v) is 3.52. The van der Waals surface area contributed by atoms with Crippen LogP contribution in [0.15, 0.2) is 27.8 Å². The fourth-order valence-corrected chi connectivity index (χ4v) is 2.36. The lowest BCUT2D eigenvalue weighted by molar-refractivity contribution is -0.138. The van der Waals surface area contributed by atoms with Gasteiger partial charge in [-0.3, -0.25) is 4.99 Å². The summed E-state index contributed by atoms with van der Waals surface area (Å²) in [5.74, 6) is -1.23. The fourth-order valence-electron chi connectivity index (χ4n) is 1.61. The van der Waals surface area contributed by atoms with Crippen LogP contribution in [0.3, 0.4) is 0 Å². The number of aliphatic hydroxyl groups excluding tert-OH is 1. The number of aliphatic hydroxyl groups is 1. The molecule has 1 aromatic rings. The van der Waals surface area contributed by atoms with Crippen molar-refractivity contribution >= 4 is 35.2 Å². The third-order valence-electron chi connectivity index (χ3n) is 2.64. The number of carbonyl (C=O) groups excluding carboxylic acids is 2. The van der Waals surface area contributed by atoms with Gasteiger partial charge in [0.15, 0.2) is 0 Å². The van der Waals surface area contributed by atoms with Crippen molar-refractivity contribution in [3.8, 4) is 0 Å². The van der Waals surface area contributed by atoms with E-state index in [1.54, 1.807) is 18.4 Å². The highest BCUT2D eigenvalue weighted by molar-refractivity contribution is 7.12. The predicted molar refractivity (Wildman–Crippen MR) is 85.0 cm³/mol. The minimum absolute atomic E-state index is 0.00860. The van der Waals surface area contributed by atoms with Crippen LogP contribution >= 0.6 is 11.3 Å². The first-order valence-electron chi connectivity index (χ1n) is 6.84. The van der Waals surface area contributed by atoms with Gasteiger partial charge in [-0.25, -0.2) is 9.59 Å². The maximum Gasteiger partial charge on any atom is 0.350 e. The molecule has 1 rings (SSSR count). The Balaban J connectivity index is 3.09. The van der Waals surface area contributed by atoms with Gasteiger partial charge in [0.05, 0.1) is 19.4 Å². The molecule has 120 valence electrons. The zero-order chi connectivity index (χ0) is 16.5. The van der Waals surface area contributed by atoms with Crippen molar-refractivity contribution in [3.05, 3.63) is 27.7 Å². The molecule has 0 aromatic carbocycles. The van der Waals surface area contributed by atoms with E-state index in [-0.39, 0.29) is 17.9 Å². The Hall–Kier alpha value is -2.15. The van der Waals surface area contributed by atoms with E-state index in [4.69, 9.17) is 4.74 Å². The number of esters is 2. The van der Waals surface area contributed by atoms with E-state index < -0.39 is 11.9 Å². The summed E-state index contributed by atoms with van der Waals surface area (Å²) in [7, 11) is 1.28.